The number of carbonyl (C=O) groups is 2. The maximum Gasteiger partial charge on any atom is 0.294 e. The third-order valence-corrected chi connectivity index (χ3v) is 6.39. The van der Waals surface area contributed by atoms with Crippen LogP contribution in [0.3, 0.4) is 0 Å². The van der Waals surface area contributed by atoms with Crippen molar-refractivity contribution in [1.29, 1.82) is 0 Å². The fraction of sp³-hybridized carbons (Fsp3) is 0.231. The summed E-state index contributed by atoms with van der Waals surface area (Å²) < 4.78 is 5.65. The molecular weight excluding hydrogens is 422 g/mol. The normalized spacial score (nSPS) is 16.2. The molecule has 0 radical (unpaired) electrons. The van der Waals surface area contributed by atoms with E-state index in [1.54, 1.807) is 17.5 Å². The van der Waals surface area contributed by atoms with Gasteiger partial charge in [-0.25, -0.2) is 0 Å². The van der Waals surface area contributed by atoms with E-state index in [9.17, 15) is 14.7 Å². The standard InChI is InChI=1S/C26H25NO4S/c1-4-31-20-8-5-7-18(15-20)23-22(24(28)21-9-6-14-32-21)25(29)26(30)27(23)19-12-10-17(11-13-19)16(2)3/h5-16,23,29H,4H2,1-3H3. The lowest BCUT2D eigenvalue weighted by molar-refractivity contribution is -0.117. The molecule has 0 bridgehead atoms. The SMILES string of the molecule is CCOc1cccc(C2C(C(=O)c3cccs3)=C(O)C(=O)N2c2ccc(C(C)C)cc2)c1. The van der Waals surface area contributed by atoms with Crippen LogP contribution in [-0.4, -0.2) is 23.4 Å². The molecule has 1 aliphatic heterocycles. The Morgan fingerprint density at radius 3 is 2.50 bits per heavy atom. The molecule has 0 aliphatic carbocycles. The second kappa shape index (κ2) is 9.01. The van der Waals surface area contributed by atoms with Crippen LogP contribution in [0.1, 0.15) is 53.5 Å². The second-order valence-corrected chi connectivity index (χ2v) is 8.85. The summed E-state index contributed by atoms with van der Waals surface area (Å²) in [6.07, 6.45) is 0. The van der Waals surface area contributed by atoms with Crippen LogP contribution >= 0.6 is 11.3 Å². The number of carbonyl (C=O) groups excluding carboxylic acids is 2. The highest BCUT2D eigenvalue weighted by Crippen LogP contribution is 2.43. The number of Topliss-reactive ketones (excluding diaryl/α,β-unsaturated/α-hetero) is 1. The molecule has 1 aromatic heterocycles. The van der Waals surface area contributed by atoms with E-state index in [-0.39, 0.29) is 11.4 Å². The number of rotatable bonds is 7. The van der Waals surface area contributed by atoms with E-state index in [1.165, 1.54) is 16.2 Å². The summed E-state index contributed by atoms with van der Waals surface area (Å²) in [6, 6.07) is 17.7. The number of thiophene rings is 1. The summed E-state index contributed by atoms with van der Waals surface area (Å²) in [7, 11) is 0. The third-order valence-electron chi connectivity index (χ3n) is 5.52. The van der Waals surface area contributed by atoms with Gasteiger partial charge in [-0.15, -0.1) is 11.3 Å². The molecule has 164 valence electrons. The first-order valence-electron chi connectivity index (χ1n) is 10.6. The predicted molar refractivity (Wildman–Crippen MR) is 127 cm³/mol. The van der Waals surface area contributed by atoms with Crippen molar-refractivity contribution in [2.75, 3.05) is 11.5 Å². The van der Waals surface area contributed by atoms with Crippen LogP contribution < -0.4 is 9.64 Å². The van der Waals surface area contributed by atoms with Crippen molar-refractivity contribution in [3.05, 3.63) is 93.4 Å². The Labute approximate surface area is 191 Å². The molecule has 3 aromatic rings. The number of benzene rings is 2. The van der Waals surface area contributed by atoms with E-state index in [0.29, 0.717) is 34.4 Å². The molecule has 2 heterocycles. The van der Waals surface area contributed by atoms with Crippen molar-refractivity contribution in [3.8, 4) is 5.75 Å². The number of aliphatic hydroxyl groups is 1. The molecule has 2 aromatic carbocycles. The lowest BCUT2D eigenvalue weighted by Crippen LogP contribution is -2.31. The van der Waals surface area contributed by atoms with Crippen molar-refractivity contribution in [2.24, 2.45) is 0 Å². The Balaban J connectivity index is 1.85. The summed E-state index contributed by atoms with van der Waals surface area (Å²) in [4.78, 5) is 28.6. The van der Waals surface area contributed by atoms with E-state index >= 15 is 0 Å². The average molecular weight is 448 g/mol. The fourth-order valence-electron chi connectivity index (χ4n) is 3.92. The highest BCUT2D eigenvalue weighted by molar-refractivity contribution is 7.12. The Kier molecular flexibility index (Phi) is 6.15. The number of amides is 1. The Morgan fingerprint density at radius 1 is 1.12 bits per heavy atom. The Morgan fingerprint density at radius 2 is 1.88 bits per heavy atom. The molecule has 4 rings (SSSR count). The van der Waals surface area contributed by atoms with Gasteiger partial charge in [-0.05, 0) is 59.7 Å². The van der Waals surface area contributed by atoms with Gasteiger partial charge >= 0.3 is 0 Å². The number of hydrogen-bond donors (Lipinski definition) is 1. The molecule has 0 fully saturated rings. The zero-order valence-electron chi connectivity index (χ0n) is 18.2. The first-order chi connectivity index (χ1) is 15.4. The zero-order valence-corrected chi connectivity index (χ0v) is 19.1. The first-order valence-corrected chi connectivity index (χ1v) is 11.5. The van der Waals surface area contributed by atoms with Gasteiger partial charge in [0.2, 0.25) is 5.78 Å². The van der Waals surface area contributed by atoms with Gasteiger partial charge in [0.05, 0.1) is 23.1 Å². The van der Waals surface area contributed by atoms with Gasteiger partial charge in [0.25, 0.3) is 5.91 Å². The second-order valence-electron chi connectivity index (χ2n) is 7.90. The molecule has 1 N–H and O–H groups in total. The number of aliphatic hydroxyl groups excluding tert-OH is 1. The first kappa shape index (κ1) is 21.8. The maximum atomic E-state index is 13.4. The lowest BCUT2D eigenvalue weighted by Gasteiger charge is -2.27. The van der Waals surface area contributed by atoms with Gasteiger partial charge in [-0.2, -0.15) is 0 Å². The highest BCUT2D eigenvalue weighted by atomic mass is 32.1. The molecule has 5 nitrogen and oxygen atoms in total. The molecule has 1 aliphatic rings. The average Bonchev–Trinajstić information content (AvgIpc) is 3.41. The van der Waals surface area contributed by atoms with Crippen LogP contribution in [0.4, 0.5) is 5.69 Å². The van der Waals surface area contributed by atoms with Crippen LogP contribution in [0.2, 0.25) is 0 Å². The fourth-order valence-corrected chi connectivity index (χ4v) is 4.60. The molecule has 1 amide bonds. The number of ketones is 1. The van der Waals surface area contributed by atoms with Crippen molar-refractivity contribution in [3.63, 3.8) is 0 Å². The maximum absolute atomic E-state index is 13.4. The summed E-state index contributed by atoms with van der Waals surface area (Å²) >= 11 is 1.28. The van der Waals surface area contributed by atoms with E-state index in [1.807, 2.05) is 55.5 Å². The van der Waals surface area contributed by atoms with Crippen molar-refractivity contribution < 1.29 is 19.4 Å². The molecular formula is C26H25NO4S. The number of hydrogen-bond acceptors (Lipinski definition) is 5. The summed E-state index contributed by atoms with van der Waals surface area (Å²) in [5, 5.41) is 12.6. The number of ether oxygens (including phenoxy) is 1. The minimum Gasteiger partial charge on any atom is -0.503 e. The van der Waals surface area contributed by atoms with Gasteiger partial charge in [0.1, 0.15) is 5.75 Å². The Bertz CT molecular complexity index is 1160. The number of nitrogens with zero attached hydrogens (tertiary/aromatic N) is 1. The van der Waals surface area contributed by atoms with Crippen LogP contribution in [0.15, 0.2) is 77.4 Å². The third kappa shape index (κ3) is 3.94. The monoisotopic (exact) mass is 447 g/mol. The van der Waals surface area contributed by atoms with Crippen LogP contribution in [0.25, 0.3) is 0 Å². The molecule has 1 atom stereocenters. The lowest BCUT2D eigenvalue weighted by atomic mass is 9.94. The summed E-state index contributed by atoms with van der Waals surface area (Å²) in [6.45, 7) is 6.59. The smallest absolute Gasteiger partial charge is 0.294 e. The van der Waals surface area contributed by atoms with E-state index in [0.717, 1.165) is 5.56 Å². The van der Waals surface area contributed by atoms with Crippen LogP contribution in [0.5, 0.6) is 5.75 Å². The summed E-state index contributed by atoms with van der Waals surface area (Å²) in [5.74, 6) is -0.461. The summed E-state index contributed by atoms with van der Waals surface area (Å²) in [5.41, 5.74) is 2.54. The minimum atomic E-state index is -0.762. The van der Waals surface area contributed by atoms with Gasteiger partial charge in [0.15, 0.2) is 5.76 Å². The molecule has 32 heavy (non-hydrogen) atoms. The molecule has 0 spiro atoms. The Hall–Kier alpha value is -3.38. The number of anilines is 1. The zero-order chi connectivity index (χ0) is 22.8. The van der Waals surface area contributed by atoms with Gasteiger partial charge in [-0.1, -0.05) is 44.2 Å². The van der Waals surface area contributed by atoms with Gasteiger partial charge in [-0.3, -0.25) is 14.5 Å². The molecule has 1 unspecified atom stereocenters. The van der Waals surface area contributed by atoms with E-state index in [2.05, 4.69) is 13.8 Å². The molecule has 6 heteroatoms. The molecule has 0 saturated heterocycles. The topological polar surface area (TPSA) is 66.8 Å². The largest absolute Gasteiger partial charge is 0.503 e. The van der Waals surface area contributed by atoms with Crippen molar-refractivity contribution >= 4 is 28.7 Å². The van der Waals surface area contributed by atoms with Gasteiger partial charge < -0.3 is 9.84 Å². The molecule has 0 saturated carbocycles. The highest BCUT2D eigenvalue weighted by Gasteiger charge is 2.45. The quantitative estimate of drug-likeness (QED) is 0.448. The van der Waals surface area contributed by atoms with E-state index < -0.39 is 17.7 Å². The van der Waals surface area contributed by atoms with Crippen molar-refractivity contribution in [1.82, 2.24) is 0 Å². The minimum absolute atomic E-state index is 0.0824. The van der Waals surface area contributed by atoms with Gasteiger partial charge in [0, 0.05) is 5.69 Å². The van der Waals surface area contributed by atoms with Crippen molar-refractivity contribution in [2.45, 2.75) is 32.7 Å². The van der Waals surface area contributed by atoms with E-state index in [4.69, 9.17) is 4.74 Å². The predicted octanol–water partition coefficient (Wildman–Crippen LogP) is 6.05. The van der Waals surface area contributed by atoms with Crippen LogP contribution in [-0.2, 0) is 4.79 Å². The van der Waals surface area contributed by atoms with Crippen LogP contribution in [0, 0.1) is 0 Å².